The molecule has 0 fully saturated rings. The average molecular weight is 366 g/mol. The number of methoxy groups -OCH3 is 1. The quantitative estimate of drug-likeness (QED) is 0.423. The molecule has 8 heteroatoms. The highest BCUT2D eigenvalue weighted by Gasteiger charge is 2.19. The number of amides is 1. The SMILES string of the molecule is COCCN(CCBr)C(=O)c1cc(Cl)cc([N+](=O)[O-])c1. The second-order valence-corrected chi connectivity index (χ2v) is 5.16. The molecule has 1 aromatic rings. The molecule has 0 spiro atoms. The van der Waals surface area contributed by atoms with Crippen LogP contribution in [0, 0.1) is 10.1 Å². The summed E-state index contributed by atoms with van der Waals surface area (Å²) in [5.41, 5.74) is -0.00682. The van der Waals surface area contributed by atoms with Gasteiger partial charge in [0.05, 0.1) is 11.5 Å². The van der Waals surface area contributed by atoms with Gasteiger partial charge in [0.1, 0.15) is 0 Å². The van der Waals surface area contributed by atoms with Crippen molar-refractivity contribution in [1.82, 2.24) is 4.90 Å². The summed E-state index contributed by atoms with van der Waals surface area (Å²) in [6, 6.07) is 3.86. The number of carbonyl (C=O) groups is 1. The van der Waals surface area contributed by atoms with Crippen molar-refractivity contribution in [3.05, 3.63) is 38.9 Å². The van der Waals surface area contributed by atoms with Crippen molar-refractivity contribution in [2.24, 2.45) is 0 Å². The number of nitrogens with zero attached hydrogens (tertiary/aromatic N) is 2. The fraction of sp³-hybridized carbons (Fsp3) is 0.417. The molecule has 0 heterocycles. The van der Waals surface area contributed by atoms with Crippen LogP contribution in [-0.4, -0.2) is 47.9 Å². The van der Waals surface area contributed by atoms with E-state index in [-0.39, 0.29) is 22.2 Å². The predicted molar refractivity (Wildman–Crippen MR) is 79.7 cm³/mol. The zero-order chi connectivity index (χ0) is 15.1. The maximum absolute atomic E-state index is 12.3. The van der Waals surface area contributed by atoms with Gasteiger partial charge in [-0.2, -0.15) is 0 Å². The van der Waals surface area contributed by atoms with E-state index in [1.807, 2.05) is 0 Å². The fourth-order valence-corrected chi connectivity index (χ4v) is 2.26. The number of ether oxygens (including phenoxy) is 1. The Morgan fingerprint density at radius 2 is 2.15 bits per heavy atom. The number of nitro benzene ring substituents is 1. The fourth-order valence-electron chi connectivity index (χ4n) is 1.60. The smallest absolute Gasteiger partial charge is 0.271 e. The Morgan fingerprint density at radius 3 is 2.70 bits per heavy atom. The molecule has 0 aliphatic heterocycles. The van der Waals surface area contributed by atoms with Crippen LogP contribution in [-0.2, 0) is 4.74 Å². The summed E-state index contributed by atoms with van der Waals surface area (Å²) in [5, 5.41) is 11.6. The zero-order valence-corrected chi connectivity index (χ0v) is 13.2. The van der Waals surface area contributed by atoms with Crippen molar-refractivity contribution < 1.29 is 14.5 Å². The van der Waals surface area contributed by atoms with Gasteiger partial charge in [-0.1, -0.05) is 27.5 Å². The predicted octanol–water partition coefficient (Wildman–Crippen LogP) is 2.73. The molecular formula is C12H14BrClN2O4. The van der Waals surface area contributed by atoms with Gasteiger partial charge in [-0.15, -0.1) is 0 Å². The van der Waals surface area contributed by atoms with Crippen molar-refractivity contribution in [2.75, 3.05) is 32.1 Å². The van der Waals surface area contributed by atoms with Crippen LogP contribution in [0.5, 0.6) is 0 Å². The number of non-ortho nitro benzene ring substituents is 1. The number of carbonyl (C=O) groups excluding carboxylic acids is 1. The molecule has 0 atom stereocenters. The number of nitro groups is 1. The van der Waals surface area contributed by atoms with Gasteiger partial charge in [-0.25, -0.2) is 0 Å². The number of hydrogen-bond acceptors (Lipinski definition) is 4. The molecule has 20 heavy (non-hydrogen) atoms. The van der Waals surface area contributed by atoms with Gasteiger partial charge in [-0.05, 0) is 6.07 Å². The van der Waals surface area contributed by atoms with Crippen LogP contribution >= 0.6 is 27.5 Å². The Bertz CT molecular complexity index is 498. The lowest BCUT2D eigenvalue weighted by atomic mass is 10.1. The van der Waals surface area contributed by atoms with Crippen LogP contribution in [0.1, 0.15) is 10.4 Å². The number of benzene rings is 1. The van der Waals surface area contributed by atoms with E-state index in [1.165, 1.54) is 18.2 Å². The summed E-state index contributed by atoms with van der Waals surface area (Å²) < 4.78 is 4.95. The molecule has 0 unspecified atom stereocenters. The van der Waals surface area contributed by atoms with E-state index < -0.39 is 4.92 Å². The monoisotopic (exact) mass is 364 g/mol. The molecule has 6 nitrogen and oxygen atoms in total. The second kappa shape index (κ2) is 8.18. The molecule has 0 radical (unpaired) electrons. The third-order valence-corrected chi connectivity index (χ3v) is 3.12. The Balaban J connectivity index is 3.01. The topological polar surface area (TPSA) is 72.7 Å². The molecule has 0 saturated carbocycles. The highest BCUT2D eigenvalue weighted by molar-refractivity contribution is 9.09. The first-order chi connectivity index (χ1) is 9.49. The molecule has 0 saturated heterocycles. The van der Waals surface area contributed by atoms with Gasteiger partial charge in [-0.3, -0.25) is 14.9 Å². The molecule has 0 N–H and O–H groups in total. The summed E-state index contributed by atoms with van der Waals surface area (Å²) in [4.78, 5) is 24.1. The third-order valence-electron chi connectivity index (χ3n) is 2.55. The Kier molecular flexibility index (Phi) is 6.90. The van der Waals surface area contributed by atoms with E-state index in [0.717, 1.165) is 0 Å². The molecule has 110 valence electrons. The zero-order valence-electron chi connectivity index (χ0n) is 10.8. The molecular weight excluding hydrogens is 351 g/mol. The summed E-state index contributed by atoms with van der Waals surface area (Å²) in [5.74, 6) is -0.313. The maximum Gasteiger partial charge on any atom is 0.271 e. The minimum Gasteiger partial charge on any atom is -0.383 e. The van der Waals surface area contributed by atoms with E-state index >= 15 is 0 Å². The molecule has 0 aliphatic rings. The third kappa shape index (κ3) is 4.73. The number of halogens is 2. The van der Waals surface area contributed by atoms with Crippen molar-refractivity contribution >= 4 is 39.1 Å². The molecule has 0 aliphatic carbocycles. The Labute approximate surface area is 129 Å². The van der Waals surface area contributed by atoms with Crippen LogP contribution in [0.15, 0.2) is 18.2 Å². The molecule has 0 bridgehead atoms. The molecule has 1 rings (SSSR count). The van der Waals surface area contributed by atoms with Crippen LogP contribution < -0.4 is 0 Å². The van der Waals surface area contributed by atoms with Gasteiger partial charge < -0.3 is 9.64 Å². The lowest BCUT2D eigenvalue weighted by Crippen LogP contribution is -2.35. The van der Waals surface area contributed by atoms with Crippen molar-refractivity contribution in [3.63, 3.8) is 0 Å². The summed E-state index contributed by atoms with van der Waals surface area (Å²) in [7, 11) is 1.54. The highest BCUT2D eigenvalue weighted by Crippen LogP contribution is 2.22. The molecule has 1 aromatic carbocycles. The molecule has 0 aromatic heterocycles. The van der Waals surface area contributed by atoms with E-state index in [0.29, 0.717) is 25.0 Å². The normalized spacial score (nSPS) is 10.3. The van der Waals surface area contributed by atoms with Crippen LogP contribution in [0.3, 0.4) is 0 Å². The Morgan fingerprint density at radius 1 is 1.45 bits per heavy atom. The number of hydrogen-bond donors (Lipinski definition) is 0. The van der Waals surface area contributed by atoms with Gasteiger partial charge >= 0.3 is 0 Å². The number of alkyl halides is 1. The first-order valence-electron chi connectivity index (χ1n) is 5.78. The van der Waals surface area contributed by atoms with E-state index in [9.17, 15) is 14.9 Å². The van der Waals surface area contributed by atoms with Crippen LogP contribution in [0.2, 0.25) is 5.02 Å². The van der Waals surface area contributed by atoms with Crippen LogP contribution in [0.4, 0.5) is 5.69 Å². The second-order valence-electron chi connectivity index (χ2n) is 3.93. The van der Waals surface area contributed by atoms with Crippen molar-refractivity contribution in [3.8, 4) is 0 Å². The lowest BCUT2D eigenvalue weighted by Gasteiger charge is -2.21. The highest BCUT2D eigenvalue weighted by atomic mass is 79.9. The number of rotatable bonds is 7. The van der Waals surface area contributed by atoms with Gasteiger partial charge in [0.25, 0.3) is 11.6 Å². The first kappa shape index (κ1) is 16.9. The minimum absolute atomic E-state index is 0.160. The maximum atomic E-state index is 12.3. The summed E-state index contributed by atoms with van der Waals surface area (Å²) in [6.07, 6.45) is 0. The van der Waals surface area contributed by atoms with E-state index in [4.69, 9.17) is 16.3 Å². The first-order valence-corrected chi connectivity index (χ1v) is 7.28. The largest absolute Gasteiger partial charge is 0.383 e. The standard InChI is InChI=1S/C12H14BrClN2O4/c1-20-5-4-15(3-2-13)12(17)9-6-10(14)8-11(7-9)16(18)19/h6-8H,2-5H2,1H3. The van der Waals surface area contributed by atoms with Crippen LogP contribution in [0.25, 0.3) is 0 Å². The summed E-state index contributed by atoms with van der Waals surface area (Å²) in [6.45, 7) is 1.27. The van der Waals surface area contributed by atoms with Crippen molar-refractivity contribution in [1.29, 1.82) is 0 Å². The van der Waals surface area contributed by atoms with Gasteiger partial charge in [0, 0.05) is 48.2 Å². The van der Waals surface area contributed by atoms with Gasteiger partial charge in [0.15, 0.2) is 0 Å². The lowest BCUT2D eigenvalue weighted by molar-refractivity contribution is -0.384. The molecule has 1 amide bonds. The summed E-state index contributed by atoms with van der Waals surface area (Å²) >= 11 is 9.08. The van der Waals surface area contributed by atoms with Gasteiger partial charge in [0.2, 0.25) is 0 Å². The Hall–Kier alpha value is -1.18. The van der Waals surface area contributed by atoms with E-state index in [1.54, 1.807) is 12.0 Å². The average Bonchev–Trinajstić information content (AvgIpc) is 2.42. The van der Waals surface area contributed by atoms with Crippen molar-refractivity contribution in [2.45, 2.75) is 0 Å². The van der Waals surface area contributed by atoms with E-state index in [2.05, 4.69) is 15.9 Å². The minimum atomic E-state index is -0.577.